The van der Waals surface area contributed by atoms with Crippen molar-refractivity contribution >= 4 is 28.9 Å². The molecule has 3 saturated carbocycles. The molecular weight excluding hydrogens is 464 g/mol. The first kappa shape index (κ1) is 23.0. The zero-order chi connectivity index (χ0) is 26.3. The lowest BCUT2D eigenvalue weighted by Gasteiger charge is -2.54. The molecule has 0 aliphatic heterocycles. The van der Waals surface area contributed by atoms with Crippen LogP contribution in [0.3, 0.4) is 0 Å². The van der Waals surface area contributed by atoms with Crippen LogP contribution in [0.15, 0.2) is 58.6 Å². The van der Waals surface area contributed by atoms with Gasteiger partial charge in [-0.2, -0.15) is 0 Å². The maximum absolute atomic E-state index is 14.4. The quantitative estimate of drug-likeness (QED) is 0.500. The number of fused-ring (bicyclic) bond motifs is 2. The number of carbonyl (C=O) groups is 5. The van der Waals surface area contributed by atoms with Crippen LogP contribution < -0.4 is 0 Å². The molecule has 0 radical (unpaired) electrons. The summed E-state index contributed by atoms with van der Waals surface area (Å²) in [5.74, 6) is -9.75. The summed E-state index contributed by atoms with van der Waals surface area (Å²) in [6.45, 7) is 5.99. The molecule has 6 aliphatic carbocycles. The van der Waals surface area contributed by atoms with Crippen LogP contribution in [0.2, 0.25) is 0 Å². The van der Waals surface area contributed by atoms with Crippen molar-refractivity contribution in [3.05, 3.63) is 58.6 Å². The summed E-state index contributed by atoms with van der Waals surface area (Å²) in [5, 5.41) is 34.1. The topological polar surface area (TPSA) is 146 Å². The van der Waals surface area contributed by atoms with Crippen LogP contribution in [-0.2, 0) is 24.0 Å². The predicted molar refractivity (Wildman–Crippen MR) is 124 cm³/mol. The molecular formula is C28H26O8. The highest BCUT2D eigenvalue weighted by atomic mass is 16.3. The van der Waals surface area contributed by atoms with E-state index < -0.39 is 92.4 Å². The van der Waals surface area contributed by atoms with E-state index in [0.29, 0.717) is 0 Å². The Hall–Kier alpha value is -3.39. The highest BCUT2D eigenvalue weighted by molar-refractivity contribution is 6.31. The average molecular weight is 491 g/mol. The summed E-state index contributed by atoms with van der Waals surface area (Å²) in [6.07, 6.45) is 7.40. The van der Waals surface area contributed by atoms with Crippen molar-refractivity contribution in [2.24, 2.45) is 39.9 Å². The Kier molecular flexibility index (Phi) is 4.03. The molecule has 6 rings (SSSR count). The normalized spacial score (nSPS) is 47.0. The zero-order valence-corrected chi connectivity index (χ0v) is 20.3. The Bertz CT molecular complexity index is 1420. The van der Waals surface area contributed by atoms with Gasteiger partial charge < -0.3 is 15.3 Å². The number of hydrogen-bond donors (Lipinski definition) is 3. The maximum atomic E-state index is 14.4. The molecule has 3 spiro atoms. The molecule has 0 heterocycles. The summed E-state index contributed by atoms with van der Waals surface area (Å²) in [6, 6.07) is 0. The second kappa shape index (κ2) is 6.29. The Morgan fingerprint density at radius 1 is 0.944 bits per heavy atom. The van der Waals surface area contributed by atoms with Crippen molar-refractivity contribution in [2.45, 2.75) is 39.7 Å². The van der Waals surface area contributed by atoms with Crippen molar-refractivity contribution < 1.29 is 39.3 Å². The molecule has 0 aromatic heterocycles. The summed E-state index contributed by atoms with van der Waals surface area (Å²) < 4.78 is 0. The van der Waals surface area contributed by atoms with Crippen LogP contribution in [0.25, 0.3) is 0 Å². The van der Waals surface area contributed by atoms with Gasteiger partial charge in [0.2, 0.25) is 11.6 Å². The third-order valence-corrected chi connectivity index (χ3v) is 10.3. The van der Waals surface area contributed by atoms with Crippen LogP contribution in [-0.4, -0.2) is 49.8 Å². The zero-order valence-electron chi connectivity index (χ0n) is 20.3. The van der Waals surface area contributed by atoms with Crippen LogP contribution in [0.5, 0.6) is 0 Å². The lowest BCUT2D eigenvalue weighted by Crippen LogP contribution is -2.65. The van der Waals surface area contributed by atoms with Gasteiger partial charge in [-0.25, -0.2) is 0 Å². The van der Waals surface area contributed by atoms with E-state index in [0.717, 1.165) is 0 Å². The minimum atomic E-state index is -2.10. The molecule has 8 heteroatoms. The number of carbonyl (C=O) groups excluding carboxylic acids is 5. The fourth-order valence-corrected chi connectivity index (χ4v) is 9.29. The minimum absolute atomic E-state index is 0.0628. The van der Waals surface area contributed by atoms with Crippen molar-refractivity contribution in [1.29, 1.82) is 0 Å². The molecule has 3 N–H and O–H groups in total. The van der Waals surface area contributed by atoms with E-state index in [1.54, 1.807) is 32.1 Å². The summed E-state index contributed by atoms with van der Waals surface area (Å²) in [7, 11) is 0. The SMILES string of the molecule is C/C=C/C=C/C1(O)C2C=C3C(=O)CC45C(=O)C(O)=C(C)C(=O)C4C1C1(C(=O)C(O)=C(C)C(=O)C351)C2C. The molecule has 6 aliphatic rings. The van der Waals surface area contributed by atoms with Gasteiger partial charge in [0.05, 0.1) is 21.8 Å². The largest absolute Gasteiger partial charge is 0.504 e. The predicted octanol–water partition coefficient (Wildman–Crippen LogP) is 2.20. The van der Waals surface area contributed by atoms with E-state index in [4.69, 9.17) is 0 Å². The number of aliphatic hydroxyl groups excluding tert-OH is 2. The Morgan fingerprint density at radius 3 is 2.22 bits per heavy atom. The summed E-state index contributed by atoms with van der Waals surface area (Å²) in [4.78, 5) is 70.3. The molecule has 3 fully saturated rings. The highest BCUT2D eigenvalue weighted by Gasteiger charge is 2.96. The lowest BCUT2D eigenvalue weighted by atomic mass is 9.42. The summed E-state index contributed by atoms with van der Waals surface area (Å²) in [5.41, 5.74) is -8.57. The van der Waals surface area contributed by atoms with Gasteiger partial charge in [-0.1, -0.05) is 37.3 Å². The molecule has 36 heavy (non-hydrogen) atoms. The van der Waals surface area contributed by atoms with Gasteiger partial charge in [0, 0.05) is 40.9 Å². The van der Waals surface area contributed by atoms with E-state index in [2.05, 4.69) is 0 Å². The first-order chi connectivity index (χ1) is 16.8. The minimum Gasteiger partial charge on any atom is -0.504 e. The van der Waals surface area contributed by atoms with Crippen molar-refractivity contribution in [3.63, 3.8) is 0 Å². The van der Waals surface area contributed by atoms with E-state index in [-0.39, 0.29) is 16.7 Å². The molecule has 186 valence electrons. The average Bonchev–Trinajstić information content (AvgIpc) is 3.31. The Morgan fingerprint density at radius 2 is 1.58 bits per heavy atom. The van der Waals surface area contributed by atoms with Gasteiger partial charge >= 0.3 is 0 Å². The third-order valence-electron chi connectivity index (χ3n) is 10.3. The fourth-order valence-electron chi connectivity index (χ4n) is 9.29. The van der Waals surface area contributed by atoms with E-state index in [1.807, 2.05) is 0 Å². The lowest BCUT2D eigenvalue weighted by molar-refractivity contribution is -0.161. The molecule has 0 aromatic rings. The molecule has 8 unspecified atom stereocenters. The first-order valence-electron chi connectivity index (χ1n) is 12.1. The summed E-state index contributed by atoms with van der Waals surface area (Å²) >= 11 is 0. The van der Waals surface area contributed by atoms with Gasteiger partial charge in [0.25, 0.3) is 0 Å². The number of aliphatic hydroxyl groups is 3. The molecule has 0 aromatic carbocycles. The van der Waals surface area contributed by atoms with Crippen molar-refractivity contribution in [2.75, 3.05) is 0 Å². The maximum Gasteiger partial charge on any atom is 0.206 e. The van der Waals surface area contributed by atoms with Gasteiger partial charge in [0.1, 0.15) is 0 Å². The molecule has 0 amide bonds. The number of ketones is 5. The van der Waals surface area contributed by atoms with E-state index in [1.165, 1.54) is 26.0 Å². The second-order valence-corrected chi connectivity index (χ2v) is 11.1. The van der Waals surface area contributed by atoms with E-state index >= 15 is 0 Å². The van der Waals surface area contributed by atoms with Crippen LogP contribution >= 0.6 is 0 Å². The molecule has 8 nitrogen and oxygen atoms in total. The van der Waals surface area contributed by atoms with Crippen molar-refractivity contribution in [1.82, 2.24) is 0 Å². The van der Waals surface area contributed by atoms with Crippen molar-refractivity contribution in [3.8, 4) is 0 Å². The fraction of sp³-hybridized carbons (Fsp3) is 0.464. The van der Waals surface area contributed by atoms with Crippen LogP contribution in [0.1, 0.15) is 34.1 Å². The first-order valence-corrected chi connectivity index (χ1v) is 12.1. The molecule has 2 bridgehead atoms. The number of Topliss-reactive ketones (excluding diaryl/α,β-unsaturated/α-hetero) is 5. The second-order valence-electron chi connectivity index (χ2n) is 11.1. The van der Waals surface area contributed by atoms with Gasteiger partial charge in [-0.3, -0.25) is 24.0 Å². The van der Waals surface area contributed by atoms with Crippen LogP contribution in [0, 0.1) is 39.9 Å². The van der Waals surface area contributed by atoms with Gasteiger partial charge in [-0.05, 0) is 26.7 Å². The van der Waals surface area contributed by atoms with Gasteiger partial charge in [0.15, 0.2) is 28.9 Å². The van der Waals surface area contributed by atoms with Gasteiger partial charge in [-0.15, -0.1) is 0 Å². The third kappa shape index (κ3) is 1.76. The van der Waals surface area contributed by atoms with Crippen LogP contribution in [0.4, 0.5) is 0 Å². The molecule has 8 atom stereocenters. The molecule has 0 saturated heterocycles. The highest BCUT2D eigenvalue weighted by Crippen LogP contribution is 2.88. The Labute approximate surface area is 206 Å². The standard InChI is InChI=1S/C28H26O8/c1-5-6-7-8-26(36)14-9-15-16(29)10-25-17(18(30)11(2)19(31)23(25)34)21(26)27(13(14)4)24(35)20(32)12(3)22(33)28(15,25)27/h5-9,13-14,17,21,31-32,36H,10H2,1-4H3/b6-5+,8-7+. The number of hydrogen-bond acceptors (Lipinski definition) is 8. The van der Waals surface area contributed by atoms with E-state index in [9.17, 15) is 39.3 Å². The number of rotatable bonds is 2. The smallest absolute Gasteiger partial charge is 0.206 e. The number of allylic oxidation sites excluding steroid dienone is 8. The monoisotopic (exact) mass is 490 g/mol. The Balaban J connectivity index is 1.87.